The summed E-state index contributed by atoms with van der Waals surface area (Å²) in [6.45, 7) is 0. The Bertz CT molecular complexity index is 1580. The number of fused-ring (bicyclic) bond motifs is 1. The quantitative estimate of drug-likeness (QED) is 0.288. The van der Waals surface area contributed by atoms with E-state index in [4.69, 9.17) is 11.6 Å². The van der Waals surface area contributed by atoms with E-state index in [0.29, 0.717) is 5.39 Å². The first kappa shape index (κ1) is 26.3. The van der Waals surface area contributed by atoms with Gasteiger partial charge in [-0.1, -0.05) is 17.7 Å². The predicted molar refractivity (Wildman–Crippen MR) is 129 cm³/mol. The number of hydrogen-bond acceptors (Lipinski definition) is 5. The number of aryl methyl sites for hydroxylation is 1. The van der Waals surface area contributed by atoms with Gasteiger partial charge in [0.15, 0.2) is 6.04 Å². The number of nitrogens with zero attached hydrogens (tertiary/aromatic N) is 3. The average molecular weight is 557 g/mol. The second kappa shape index (κ2) is 9.95. The van der Waals surface area contributed by atoms with Gasteiger partial charge in [-0.2, -0.15) is 31.4 Å². The highest BCUT2D eigenvalue weighted by atomic mass is 35.5. The maximum absolute atomic E-state index is 13.5. The Morgan fingerprint density at radius 3 is 2.46 bits per heavy atom. The molecule has 9 nitrogen and oxygen atoms in total. The molecule has 3 N–H and O–H groups in total. The van der Waals surface area contributed by atoms with E-state index in [1.807, 2.05) is 4.72 Å². The number of amides is 1. The van der Waals surface area contributed by atoms with E-state index in [1.165, 1.54) is 54.2 Å². The lowest BCUT2D eigenvalue weighted by molar-refractivity contribution is -0.153. The number of carbonyl (C=O) groups excluding carboxylic acids is 1. The lowest BCUT2D eigenvalue weighted by Gasteiger charge is -2.21. The normalized spacial score (nSPS) is 12.9. The fourth-order valence-electron chi connectivity index (χ4n) is 3.48. The summed E-state index contributed by atoms with van der Waals surface area (Å²) in [5.74, 6) is -1.26. The van der Waals surface area contributed by atoms with E-state index >= 15 is 0 Å². The number of alkyl halides is 3. The van der Waals surface area contributed by atoms with Crippen LogP contribution in [-0.4, -0.2) is 35.3 Å². The number of rotatable bonds is 7. The summed E-state index contributed by atoms with van der Waals surface area (Å²) in [4.78, 5) is 16.4. The standard InChI is InChI=1S/C22H17ClF4N6O3S/c1-33-19(21(34)29-12-6-8-16(24)15(23)10-12)14-7-5-13(11-18(14)30-33)31-37(35,36)32-20(22(25,26)27)17-4-2-3-9-28-17/h2-11,20,31-32H,1H3,(H,29,34). The van der Waals surface area contributed by atoms with Gasteiger partial charge < -0.3 is 5.32 Å². The van der Waals surface area contributed by atoms with Crippen LogP contribution in [0.2, 0.25) is 5.02 Å². The SMILES string of the molecule is Cn1nc2cc(NS(=O)(=O)NC(c3ccccn3)C(F)(F)F)ccc2c1C(=O)Nc1ccc(F)c(Cl)c1. The zero-order valence-corrected chi connectivity index (χ0v) is 20.3. The molecule has 0 bridgehead atoms. The van der Waals surface area contributed by atoms with Gasteiger partial charge in [0, 0.05) is 24.3 Å². The van der Waals surface area contributed by atoms with Gasteiger partial charge in [0.2, 0.25) is 0 Å². The molecule has 194 valence electrons. The molecule has 0 aliphatic heterocycles. The van der Waals surface area contributed by atoms with Gasteiger partial charge in [0.25, 0.3) is 16.1 Å². The van der Waals surface area contributed by atoms with E-state index in [0.717, 1.165) is 18.3 Å². The Hall–Kier alpha value is -3.75. The highest BCUT2D eigenvalue weighted by Gasteiger charge is 2.44. The molecule has 1 amide bonds. The molecule has 4 aromatic rings. The van der Waals surface area contributed by atoms with Crippen LogP contribution >= 0.6 is 11.6 Å². The first-order valence-electron chi connectivity index (χ1n) is 10.3. The van der Waals surface area contributed by atoms with Gasteiger partial charge in [-0.3, -0.25) is 19.2 Å². The molecular weight excluding hydrogens is 540 g/mol. The predicted octanol–water partition coefficient (Wildman–Crippen LogP) is 4.56. The topological polar surface area (TPSA) is 118 Å². The number of aromatic nitrogens is 3. The number of nitrogens with one attached hydrogen (secondary N) is 3. The average Bonchev–Trinajstić information content (AvgIpc) is 3.14. The highest BCUT2D eigenvalue weighted by molar-refractivity contribution is 7.90. The molecule has 1 unspecified atom stereocenters. The lowest BCUT2D eigenvalue weighted by atomic mass is 10.2. The Morgan fingerprint density at radius 2 is 1.81 bits per heavy atom. The zero-order chi connectivity index (χ0) is 27.0. The van der Waals surface area contributed by atoms with Gasteiger partial charge in [0.05, 0.1) is 21.9 Å². The van der Waals surface area contributed by atoms with Crippen LogP contribution in [0.3, 0.4) is 0 Å². The van der Waals surface area contributed by atoms with Gasteiger partial charge in [-0.25, -0.2) is 4.39 Å². The molecule has 0 radical (unpaired) electrons. The molecule has 1 atom stereocenters. The van der Waals surface area contributed by atoms with Gasteiger partial charge in [0.1, 0.15) is 11.5 Å². The number of anilines is 2. The first-order valence-corrected chi connectivity index (χ1v) is 12.2. The summed E-state index contributed by atoms with van der Waals surface area (Å²) in [6, 6.07) is 8.69. The van der Waals surface area contributed by atoms with E-state index < -0.39 is 39.8 Å². The number of carbonyl (C=O) groups is 1. The maximum atomic E-state index is 13.5. The largest absolute Gasteiger partial charge is 0.410 e. The summed E-state index contributed by atoms with van der Waals surface area (Å²) < 4.78 is 83.9. The van der Waals surface area contributed by atoms with Crippen molar-refractivity contribution in [1.29, 1.82) is 0 Å². The molecule has 0 spiro atoms. The summed E-state index contributed by atoms with van der Waals surface area (Å²) in [5.41, 5.74) is -0.123. The van der Waals surface area contributed by atoms with Crippen molar-refractivity contribution in [3.63, 3.8) is 0 Å². The van der Waals surface area contributed by atoms with Crippen molar-refractivity contribution in [1.82, 2.24) is 19.5 Å². The number of benzene rings is 2. The van der Waals surface area contributed by atoms with Crippen molar-refractivity contribution < 1.29 is 30.8 Å². The van der Waals surface area contributed by atoms with Crippen LogP contribution in [0.5, 0.6) is 0 Å². The molecular formula is C22H17ClF4N6O3S. The number of hydrogen-bond donors (Lipinski definition) is 3. The Kier molecular flexibility index (Phi) is 7.08. The van der Waals surface area contributed by atoms with Gasteiger partial charge >= 0.3 is 6.18 Å². The molecule has 2 aromatic heterocycles. The summed E-state index contributed by atoms with van der Waals surface area (Å²) in [6.07, 6.45) is -3.84. The number of halogens is 5. The first-order chi connectivity index (χ1) is 17.3. The Morgan fingerprint density at radius 1 is 1.08 bits per heavy atom. The Balaban J connectivity index is 1.57. The Labute approximate surface area is 212 Å². The van der Waals surface area contributed by atoms with Crippen LogP contribution in [0.25, 0.3) is 10.9 Å². The van der Waals surface area contributed by atoms with Crippen molar-refractivity contribution in [2.45, 2.75) is 12.2 Å². The van der Waals surface area contributed by atoms with Crippen LogP contribution in [0.1, 0.15) is 22.2 Å². The monoisotopic (exact) mass is 556 g/mol. The second-order valence-corrected chi connectivity index (χ2v) is 9.59. The molecule has 2 aromatic carbocycles. The van der Waals surface area contributed by atoms with Crippen molar-refractivity contribution in [2.75, 3.05) is 10.0 Å². The minimum Gasteiger partial charge on any atom is -0.321 e. The molecule has 4 rings (SSSR count). The van der Waals surface area contributed by atoms with Crippen molar-refractivity contribution in [2.24, 2.45) is 7.05 Å². The van der Waals surface area contributed by atoms with Crippen LogP contribution in [0.15, 0.2) is 60.8 Å². The van der Waals surface area contributed by atoms with Crippen molar-refractivity contribution in [3.8, 4) is 0 Å². The fraction of sp³-hybridized carbons (Fsp3) is 0.136. The van der Waals surface area contributed by atoms with Gasteiger partial charge in [-0.05, 0) is 48.5 Å². The fourth-order valence-corrected chi connectivity index (χ4v) is 4.72. The zero-order valence-electron chi connectivity index (χ0n) is 18.7. The maximum Gasteiger partial charge on any atom is 0.410 e. The third kappa shape index (κ3) is 5.98. The van der Waals surface area contributed by atoms with E-state index in [2.05, 4.69) is 15.4 Å². The van der Waals surface area contributed by atoms with Gasteiger partial charge in [-0.15, -0.1) is 0 Å². The van der Waals surface area contributed by atoms with E-state index in [1.54, 1.807) is 4.72 Å². The van der Waals surface area contributed by atoms with E-state index in [9.17, 15) is 30.8 Å². The van der Waals surface area contributed by atoms with Crippen molar-refractivity contribution >= 4 is 50.0 Å². The van der Waals surface area contributed by atoms with Crippen LogP contribution in [-0.2, 0) is 17.3 Å². The summed E-state index contributed by atoms with van der Waals surface area (Å²) in [7, 11) is -3.25. The van der Waals surface area contributed by atoms with Crippen LogP contribution < -0.4 is 14.8 Å². The second-order valence-electron chi connectivity index (χ2n) is 7.74. The van der Waals surface area contributed by atoms with E-state index in [-0.39, 0.29) is 27.6 Å². The minimum atomic E-state index is -4.95. The molecule has 0 aliphatic carbocycles. The summed E-state index contributed by atoms with van der Waals surface area (Å²) in [5, 5.41) is 6.87. The number of pyridine rings is 1. The highest BCUT2D eigenvalue weighted by Crippen LogP contribution is 2.32. The molecule has 0 aliphatic rings. The van der Waals surface area contributed by atoms with Crippen LogP contribution in [0.4, 0.5) is 28.9 Å². The minimum absolute atomic E-state index is 0.0928. The third-order valence-corrected chi connectivity index (χ3v) is 6.40. The van der Waals surface area contributed by atoms with Crippen LogP contribution in [0, 0.1) is 5.82 Å². The molecule has 0 saturated carbocycles. The third-order valence-electron chi connectivity index (χ3n) is 5.06. The molecule has 15 heteroatoms. The molecule has 0 saturated heterocycles. The summed E-state index contributed by atoms with van der Waals surface area (Å²) >= 11 is 5.74. The molecule has 2 heterocycles. The molecule has 37 heavy (non-hydrogen) atoms. The smallest absolute Gasteiger partial charge is 0.321 e. The lowest BCUT2D eigenvalue weighted by Crippen LogP contribution is -2.41. The molecule has 0 fully saturated rings. The van der Waals surface area contributed by atoms with Crippen molar-refractivity contribution in [3.05, 3.63) is 83.0 Å².